The number of carbonyl (C=O) groups is 1. The van der Waals surface area contributed by atoms with Crippen LogP contribution in [0.5, 0.6) is 0 Å². The lowest BCUT2D eigenvalue weighted by Crippen LogP contribution is -2.39. The predicted molar refractivity (Wildman–Crippen MR) is 95.6 cm³/mol. The van der Waals surface area contributed by atoms with Crippen molar-refractivity contribution < 1.29 is 4.79 Å². The lowest BCUT2D eigenvalue weighted by atomic mass is 9.84. The third kappa shape index (κ3) is 6.40. The molecule has 0 spiro atoms. The predicted octanol–water partition coefficient (Wildman–Crippen LogP) is 2.57. The van der Waals surface area contributed by atoms with Gasteiger partial charge < -0.3 is 16.0 Å². The van der Waals surface area contributed by atoms with Crippen LogP contribution in [0, 0.1) is 5.41 Å². The summed E-state index contributed by atoms with van der Waals surface area (Å²) in [5.74, 6) is 1.09. The minimum absolute atomic E-state index is 0.187. The molecule has 3 N–H and O–H groups in total. The fraction of sp³-hybridized carbons (Fsp3) is 0.889. The summed E-state index contributed by atoms with van der Waals surface area (Å²) < 4.78 is 0. The Morgan fingerprint density at radius 1 is 1.17 bits per heavy atom. The summed E-state index contributed by atoms with van der Waals surface area (Å²) in [6.45, 7) is 6.96. The Morgan fingerprint density at radius 2 is 1.91 bits per heavy atom. The van der Waals surface area contributed by atoms with Crippen molar-refractivity contribution in [3.8, 4) is 0 Å². The highest BCUT2D eigenvalue weighted by molar-refractivity contribution is 5.80. The van der Waals surface area contributed by atoms with Crippen LogP contribution in [0.15, 0.2) is 4.99 Å². The van der Waals surface area contributed by atoms with Crippen LogP contribution < -0.4 is 16.0 Å². The molecule has 0 bridgehead atoms. The van der Waals surface area contributed by atoms with Crippen molar-refractivity contribution in [2.45, 2.75) is 77.7 Å². The average Bonchev–Trinajstić information content (AvgIpc) is 3.23. The normalized spacial score (nSPS) is 20.3. The molecular formula is C18H34N4O. The maximum absolute atomic E-state index is 11.7. The van der Waals surface area contributed by atoms with Crippen LogP contribution in [0.25, 0.3) is 0 Å². The molecule has 0 aromatic heterocycles. The number of amides is 1. The lowest BCUT2D eigenvalue weighted by Gasteiger charge is -2.25. The summed E-state index contributed by atoms with van der Waals surface area (Å²) in [4.78, 5) is 16.5. The van der Waals surface area contributed by atoms with Crippen molar-refractivity contribution in [1.82, 2.24) is 16.0 Å². The van der Waals surface area contributed by atoms with E-state index < -0.39 is 0 Å². The van der Waals surface area contributed by atoms with E-state index in [-0.39, 0.29) is 5.91 Å². The van der Waals surface area contributed by atoms with Gasteiger partial charge in [-0.25, -0.2) is 0 Å². The summed E-state index contributed by atoms with van der Waals surface area (Å²) in [6, 6.07) is 0.464. The molecule has 23 heavy (non-hydrogen) atoms. The van der Waals surface area contributed by atoms with E-state index in [0.717, 1.165) is 44.9 Å². The number of hydrogen-bond donors (Lipinski definition) is 3. The first kappa shape index (κ1) is 18.1. The van der Waals surface area contributed by atoms with Gasteiger partial charge in [0.25, 0.3) is 0 Å². The summed E-state index contributed by atoms with van der Waals surface area (Å²) in [5, 5.41) is 9.72. The molecule has 0 aromatic rings. The molecule has 2 aliphatic carbocycles. The van der Waals surface area contributed by atoms with Gasteiger partial charge >= 0.3 is 0 Å². The summed E-state index contributed by atoms with van der Waals surface area (Å²) in [6.07, 6.45) is 10.3. The van der Waals surface area contributed by atoms with E-state index in [2.05, 4.69) is 29.8 Å². The van der Waals surface area contributed by atoms with Crippen molar-refractivity contribution in [2.24, 2.45) is 10.4 Å². The van der Waals surface area contributed by atoms with Gasteiger partial charge in [0.15, 0.2) is 5.96 Å². The second kappa shape index (κ2) is 9.14. The molecule has 2 saturated carbocycles. The molecule has 0 heterocycles. The van der Waals surface area contributed by atoms with E-state index in [0.29, 0.717) is 17.9 Å². The zero-order valence-corrected chi connectivity index (χ0v) is 14.9. The Bertz CT molecular complexity index is 398. The highest BCUT2D eigenvalue weighted by atomic mass is 16.1. The van der Waals surface area contributed by atoms with Crippen LogP contribution >= 0.6 is 0 Å². The van der Waals surface area contributed by atoms with Crippen molar-refractivity contribution in [3.63, 3.8) is 0 Å². The molecule has 1 amide bonds. The highest BCUT2D eigenvalue weighted by Gasteiger charge is 2.31. The van der Waals surface area contributed by atoms with Crippen LogP contribution in [0.2, 0.25) is 0 Å². The maximum Gasteiger partial charge on any atom is 0.220 e. The second-order valence-corrected chi connectivity index (χ2v) is 7.13. The number of carbonyl (C=O) groups excluding carboxylic acids is 1. The molecule has 0 atom stereocenters. The Hall–Kier alpha value is -1.26. The van der Waals surface area contributed by atoms with Crippen molar-refractivity contribution in [3.05, 3.63) is 0 Å². The zero-order chi connectivity index (χ0) is 16.5. The van der Waals surface area contributed by atoms with Gasteiger partial charge in [-0.1, -0.05) is 19.8 Å². The monoisotopic (exact) mass is 322 g/mol. The first-order valence-corrected chi connectivity index (χ1v) is 9.49. The molecule has 0 aromatic carbocycles. The number of hydrogen-bond acceptors (Lipinski definition) is 2. The Balaban J connectivity index is 1.69. The largest absolute Gasteiger partial charge is 0.357 e. The van der Waals surface area contributed by atoms with Gasteiger partial charge in [0.1, 0.15) is 0 Å². The van der Waals surface area contributed by atoms with Crippen molar-refractivity contribution in [2.75, 3.05) is 19.6 Å². The minimum Gasteiger partial charge on any atom is -0.357 e. The van der Waals surface area contributed by atoms with Crippen molar-refractivity contribution >= 4 is 11.9 Å². The molecule has 132 valence electrons. The van der Waals surface area contributed by atoms with Gasteiger partial charge in [0, 0.05) is 32.1 Å². The first-order valence-electron chi connectivity index (χ1n) is 9.49. The molecular weight excluding hydrogens is 288 g/mol. The summed E-state index contributed by atoms with van der Waals surface area (Å²) in [7, 11) is 0. The topological polar surface area (TPSA) is 65.5 Å². The molecule has 0 radical (unpaired) electrons. The lowest BCUT2D eigenvalue weighted by molar-refractivity contribution is -0.121. The third-order valence-corrected chi connectivity index (χ3v) is 5.15. The molecule has 0 saturated heterocycles. The standard InChI is InChI=1S/C18H34N4O/c1-3-18(11-5-6-12-18)14-21-17(19-4-2)20-13-7-8-16(23)22-15-9-10-15/h15H,3-14H2,1-2H3,(H,22,23)(H2,19,20,21). The van der Waals surface area contributed by atoms with Crippen LogP contribution in [-0.2, 0) is 4.79 Å². The molecule has 2 fully saturated rings. The summed E-state index contributed by atoms with van der Waals surface area (Å²) in [5.41, 5.74) is 0.423. The molecule has 0 unspecified atom stereocenters. The summed E-state index contributed by atoms with van der Waals surface area (Å²) >= 11 is 0. The van der Waals surface area contributed by atoms with Gasteiger partial charge in [0.2, 0.25) is 5.91 Å². The maximum atomic E-state index is 11.7. The van der Waals surface area contributed by atoms with E-state index in [1.807, 2.05) is 0 Å². The number of nitrogens with one attached hydrogen (secondary N) is 3. The smallest absolute Gasteiger partial charge is 0.220 e. The quantitative estimate of drug-likeness (QED) is 0.347. The molecule has 0 aliphatic heterocycles. The van der Waals surface area contributed by atoms with E-state index in [4.69, 9.17) is 4.99 Å². The minimum atomic E-state index is 0.187. The van der Waals surface area contributed by atoms with E-state index in [9.17, 15) is 4.79 Å². The van der Waals surface area contributed by atoms with Crippen molar-refractivity contribution in [1.29, 1.82) is 0 Å². The molecule has 5 heteroatoms. The molecule has 5 nitrogen and oxygen atoms in total. The van der Waals surface area contributed by atoms with Gasteiger partial charge in [-0.05, 0) is 50.9 Å². The van der Waals surface area contributed by atoms with Gasteiger partial charge in [-0.2, -0.15) is 0 Å². The fourth-order valence-electron chi connectivity index (χ4n) is 3.32. The Kier molecular flexibility index (Phi) is 7.18. The van der Waals surface area contributed by atoms with Gasteiger partial charge in [-0.3, -0.25) is 9.79 Å². The Labute approximate surface area is 141 Å². The zero-order valence-electron chi connectivity index (χ0n) is 14.9. The molecule has 2 rings (SSSR count). The average molecular weight is 322 g/mol. The third-order valence-electron chi connectivity index (χ3n) is 5.15. The number of rotatable bonds is 9. The van der Waals surface area contributed by atoms with E-state index >= 15 is 0 Å². The van der Waals surface area contributed by atoms with Gasteiger partial charge in [0.05, 0.1) is 0 Å². The molecule has 2 aliphatic rings. The second-order valence-electron chi connectivity index (χ2n) is 7.13. The van der Waals surface area contributed by atoms with Crippen LogP contribution in [0.4, 0.5) is 0 Å². The Morgan fingerprint density at radius 3 is 2.52 bits per heavy atom. The number of aliphatic imine (C=N–C) groups is 1. The van der Waals surface area contributed by atoms with E-state index in [1.54, 1.807) is 0 Å². The number of guanidine groups is 1. The van der Waals surface area contributed by atoms with E-state index in [1.165, 1.54) is 32.1 Å². The fourth-order valence-corrected chi connectivity index (χ4v) is 3.32. The highest BCUT2D eigenvalue weighted by Crippen LogP contribution is 2.41. The number of nitrogens with zero attached hydrogens (tertiary/aromatic N) is 1. The SMILES string of the molecule is CCNC(=NCC1(CC)CCCC1)NCCCC(=O)NC1CC1. The first-order chi connectivity index (χ1) is 11.2. The van der Waals surface area contributed by atoms with Crippen LogP contribution in [0.3, 0.4) is 0 Å². The van der Waals surface area contributed by atoms with Gasteiger partial charge in [-0.15, -0.1) is 0 Å². The van der Waals surface area contributed by atoms with Crippen LogP contribution in [0.1, 0.15) is 71.6 Å². The van der Waals surface area contributed by atoms with Crippen LogP contribution in [-0.4, -0.2) is 37.5 Å².